The van der Waals surface area contributed by atoms with E-state index in [0.29, 0.717) is 12.6 Å². The van der Waals surface area contributed by atoms with Crippen LogP contribution in [0.5, 0.6) is 5.75 Å². The molecule has 0 aliphatic carbocycles. The van der Waals surface area contributed by atoms with Gasteiger partial charge in [0.25, 0.3) is 0 Å². The van der Waals surface area contributed by atoms with Crippen molar-refractivity contribution in [3.8, 4) is 17.6 Å². The van der Waals surface area contributed by atoms with E-state index in [-0.39, 0.29) is 0 Å². The van der Waals surface area contributed by atoms with Crippen LogP contribution in [0.3, 0.4) is 0 Å². The van der Waals surface area contributed by atoms with E-state index in [2.05, 4.69) is 67.4 Å². The van der Waals surface area contributed by atoms with Gasteiger partial charge < -0.3 is 10.1 Å². The highest BCUT2D eigenvalue weighted by atomic mass is 16.5. The molecule has 21 heavy (non-hydrogen) atoms. The van der Waals surface area contributed by atoms with Crippen molar-refractivity contribution in [1.29, 1.82) is 0 Å². The minimum atomic E-state index is 0.447. The quantitative estimate of drug-likeness (QED) is 0.635. The monoisotopic (exact) mass is 281 g/mol. The third-order valence-electron chi connectivity index (χ3n) is 3.35. The lowest BCUT2D eigenvalue weighted by Crippen LogP contribution is -2.22. The van der Waals surface area contributed by atoms with E-state index in [0.717, 1.165) is 18.7 Å². The highest BCUT2D eigenvalue weighted by molar-refractivity contribution is 5.87. The third kappa shape index (κ3) is 4.24. The Morgan fingerprint density at radius 2 is 1.95 bits per heavy atom. The lowest BCUT2D eigenvalue weighted by molar-refractivity contribution is 0.323. The van der Waals surface area contributed by atoms with Crippen molar-refractivity contribution in [1.82, 2.24) is 5.32 Å². The molecule has 0 saturated heterocycles. The number of hydrogen-bond donors (Lipinski definition) is 1. The van der Waals surface area contributed by atoms with Gasteiger partial charge in [0.05, 0.1) is 6.61 Å². The summed E-state index contributed by atoms with van der Waals surface area (Å²) >= 11 is 0. The normalized spacial score (nSPS) is 10.5. The van der Waals surface area contributed by atoms with Crippen molar-refractivity contribution >= 4 is 10.8 Å². The molecule has 2 nitrogen and oxygen atoms in total. The van der Waals surface area contributed by atoms with Crippen LogP contribution >= 0.6 is 0 Å². The molecule has 110 valence electrons. The smallest absolute Gasteiger partial charge is 0.124 e. The number of rotatable bonds is 6. The lowest BCUT2D eigenvalue weighted by atomic mass is 10.0. The van der Waals surface area contributed by atoms with Crippen LogP contribution in [-0.4, -0.2) is 12.6 Å². The Balaban J connectivity index is 2.28. The fourth-order valence-electron chi connectivity index (χ4n) is 2.28. The topological polar surface area (TPSA) is 21.3 Å². The highest BCUT2D eigenvalue weighted by Crippen LogP contribution is 2.28. The predicted molar refractivity (Wildman–Crippen MR) is 89.5 cm³/mol. The third-order valence-corrected chi connectivity index (χ3v) is 3.35. The van der Waals surface area contributed by atoms with Crippen LogP contribution in [0.25, 0.3) is 10.8 Å². The fraction of sp³-hybridized carbons (Fsp3) is 0.368. The second kappa shape index (κ2) is 7.71. The minimum absolute atomic E-state index is 0.447. The molecule has 0 unspecified atom stereocenters. The van der Waals surface area contributed by atoms with E-state index >= 15 is 0 Å². The first-order valence-corrected chi connectivity index (χ1v) is 7.48. The van der Waals surface area contributed by atoms with Gasteiger partial charge >= 0.3 is 0 Å². The van der Waals surface area contributed by atoms with Crippen molar-refractivity contribution in [3.63, 3.8) is 0 Å². The number of fused-ring (bicyclic) bond motifs is 1. The molecule has 2 heteroatoms. The van der Waals surface area contributed by atoms with Crippen molar-refractivity contribution < 1.29 is 4.74 Å². The van der Waals surface area contributed by atoms with Gasteiger partial charge in [0, 0.05) is 24.6 Å². The molecule has 0 spiro atoms. The molecule has 0 bridgehead atoms. The molecule has 2 aromatic rings. The van der Waals surface area contributed by atoms with Gasteiger partial charge in [-0.2, -0.15) is 0 Å². The summed E-state index contributed by atoms with van der Waals surface area (Å²) in [6.45, 7) is 7.61. The van der Waals surface area contributed by atoms with Gasteiger partial charge in [-0.3, -0.25) is 0 Å². The Morgan fingerprint density at radius 3 is 2.71 bits per heavy atom. The summed E-state index contributed by atoms with van der Waals surface area (Å²) in [5.41, 5.74) is 1.23. The fourth-order valence-corrected chi connectivity index (χ4v) is 2.28. The molecule has 0 radical (unpaired) electrons. The molecule has 1 N–H and O–H groups in total. The molecule has 0 aliphatic heterocycles. The van der Waals surface area contributed by atoms with Crippen LogP contribution in [-0.2, 0) is 6.54 Å². The summed E-state index contributed by atoms with van der Waals surface area (Å²) in [6, 6.07) is 13.1. The van der Waals surface area contributed by atoms with Gasteiger partial charge in [-0.25, -0.2) is 0 Å². The Labute approximate surface area is 127 Å². The van der Waals surface area contributed by atoms with E-state index < -0.39 is 0 Å². The first-order valence-electron chi connectivity index (χ1n) is 7.48. The molecule has 2 rings (SSSR count). The van der Waals surface area contributed by atoms with Gasteiger partial charge in [0.1, 0.15) is 5.75 Å². The van der Waals surface area contributed by atoms with Crippen LogP contribution < -0.4 is 10.1 Å². The van der Waals surface area contributed by atoms with Crippen LogP contribution in [0.15, 0.2) is 36.4 Å². The number of benzene rings is 2. The predicted octanol–water partition coefficient (Wildman–Crippen LogP) is 4.13. The van der Waals surface area contributed by atoms with Crippen LogP contribution in [0.1, 0.15) is 32.8 Å². The van der Waals surface area contributed by atoms with E-state index in [1.54, 1.807) is 0 Å². The van der Waals surface area contributed by atoms with Gasteiger partial charge in [-0.1, -0.05) is 44.2 Å². The van der Waals surface area contributed by atoms with Crippen LogP contribution in [0, 0.1) is 11.8 Å². The van der Waals surface area contributed by atoms with E-state index in [1.165, 1.54) is 16.3 Å². The van der Waals surface area contributed by atoms with Crippen molar-refractivity contribution in [2.75, 3.05) is 6.61 Å². The molecular formula is C19H23NO. The molecule has 0 heterocycles. The zero-order chi connectivity index (χ0) is 15.1. The summed E-state index contributed by atoms with van der Waals surface area (Å²) in [5, 5.41) is 5.99. The maximum absolute atomic E-state index is 5.94. The SMILES string of the molecule is CC#CCCOc1ccc2ccccc2c1CNC(C)C. The average molecular weight is 281 g/mol. The summed E-state index contributed by atoms with van der Waals surface area (Å²) in [6.07, 6.45) is 0.764. The first-order chi connectivity index (χ1) is 10.2. The number of hydrogen-bond acceptors (Lipinski definition) is 2. The van der Waals surface area contributed by atoms with Gasteiger partial charge in [-0.05, 0) is 23.8 Å². The zero-order valence-electron chi connectivity index (χ0n) is 13.1. The highest BCUT2D eigenvalue weighted by Gasteiger charge is 2.09. The second-order valence-electron chi connectivity index (χ2n) is 5.32. The van der Waals surface area contributed by atoms with E-state index in [1.807, 2.05) is 6.92 Å². The number of nitrogens with one attached hydrogen (secondary N) is 1. The van der Waals surface area contributed by atoms with Crippen molar-refractivity contribution in [3.05, 3.63) is 42.0 Å². The van der Waals surface area contributed by atoms with E-state index in [9.17, 15) is 0 Å². The largest absolute Gasteiger partial charge is 0.492 e. The summed E-state index contributed by atoms with van der Waals surface area (Å²) in [7, 11) is 0. The summed E-state index contributed by atoms with van der Waals surface area (Å²) in [5.74, 6) is 6.89. The molecule has 0 saturated carbocycles. The van der Waals surface area contributed by atoms with Crippen molar-refractivity contribution in [2.45, 2.75) is 39.8 Å². The maximum atomic E-state index is 5.94. The van der Waals surface area contributed by atoms with E-state index in [4.69, 9.17) is 4.74 Å². The number of ether oxygens (including phenoxy) is 1. The first kappa shape index (κ1) is 15.4. The second-order valence-corrected chi connectivity index (χ2v) is 5.32. The molecule has 0 fully saturated rings. The van der Waals surface area contributed by atoms with Crippen LogP contribution in [0.4, 0.5) is 0 Å². The van der Waals surface area contributed by atoms with Crippen LogP contribution in [0.2, 0.25) is 0 Å². The van der Waals surface area contributed by atoms with Gasteiger partial charge in [0.2, 0.25) is 0 Å². The molecule has 0 aromatic heterocycles. The molecule has 0 atom stereocenters. The molecule has 2 aromatic carbocycles. The molecule has 0 aliphatic rings. The van der Waals surface area contributed by atoms with Gasteiger partial charge in [0.15, 0.2) is 0 Å². The standard InChI is InChI=1S/C19H23NO/c1-4-5-8-13-21-19-12-11-16-9-6-7-10-17(16)18(19)14-20-15(2)3/h6-7,9-12,15,20H,8,13-14H2,1-3H3. The summed E-state index contributed by atoms with van der Waals surface area (Å²) in [4.78, 5) is 0. The Bertz CT molecular complexity index is 649. The molecular weight excluding hydrogens is 258 g/mol. The average Bonchev–Trinajstić information content (AvgIpc) is 2.49. The zero-order valence-corrected chi connectivity index (χ0v) is 13.1. The summed E-state index contributed by atoms with van der Waals surface area (Å²) < 4.78 is 5.94. The van der Waals surface area contributed by atoms with Gasteiger partial charge in [-0.15, -0.1) is 11.8 Å². The van der Waals surface area contributed by atoms with Crippen molar-refractivity contribution in [2.24, 2.45) is 0 Å². The Kier molecular flexibility index (Phi) is 5.66. The molecule has 0 amide bonds. The maximum Gasteiger partial charge on any atom is 0.124 e. The Morgan fingerprint density at radius 1 is 1.14 bits per heavy atom. The lowest BCUT2D eigenvalue weighted by Gasteiger charge is -2.16. The minimum Gasteiger partial charge on any atom is -0.492 e. The Hall–Kier alpha value is -1.98.